The number of carbonyl (C=O) groups excluding carboxylic acids is 2. The molecule has 0 radical (unpaired) electrons. The molecule has 0 bridgehead atoms. The summed E-state index contributed by atoms with van der Waals surface area (Å²) in [4.78, 5) is 23.5. The molecule has 1 rings (SSSR count). The van der Waals surface area contributed by atoms with Gasteiger partial charge in [0, 0.05) is 11.2 Å². The lowest BCUT2D eigenvalue weighted by atomic mass is 10.1. The highest BCUT2D eigenvalue weighted by Crippen LogP contribution is 2.15. The Bertz CT molecular complexity index is 492. The molecule has 21 heavy (non-hydrogen) atoms. The Morgan fingerprint density at radius 3 is 2.19 bits per heavy atom. The summed E-state index contributed by atoms with van der Waals surface area (Å²) in [5, 5.41) is 7.99. The maximum atomic E-state index is 11.9. The number of hydrogen-bond donors (Lipinski definition) is 3. The maximum Gasteiger partial charge on any atom is 0.321 e. The second kappa shape index (κ2) is 6.97. The summed E-state index contributed by atoms with van der Waals surface area (Å²) in [6.07, 6.45) is 0. The first-order valence-electron chi connectivity index (χ1n) is 6.75. The van der Waals surface area contributed by atoms with E-state index in [1.54, 1.807) is 38.3 Å². The van der Waals surface area contributed by atoms with Gasteiger partial charge in [0.05, 0.1) is 7.11 Å². The zero-order valence-electron chi connectivity index (χ0n) is 13.1. The van der Waals surface area contributed by atoms with Crippen molar-refractivity contribution in [2.45, 2.75) is 39.3 Å². The molecule has 0 aliphatic rings. The molecular weight excluding hydrogens is 270 g/mol. The molecule has 6 nitrogen and oxygen atoms in total. The van der Waals surface area contributed by atoms with Crippen LogP contribution in [0.4, 0.5) is 10.5 Å². The van der Waals surface area contributed by atoms with E-state index in [-0.39, 0.29) is 0 Å². The molecule has 3 N–H and O–H groups in total. The zero-order chi connectivity index (χ0) is 16.0. The number of hydrogen-bond acceptors (Lipinski definition) is 4. The summed E-state index contributed by atoms with van der Waals surface area (Å²) < 4.78 is 5.06. The first kappa shape index (κ1) is 16.8. The molecule has 1 atom stereocenters. The molecular formula is C15H23N3O3. The quantitative estimate of drug-likeness (QED) is 0.794. The number of imide groups is 1. The van der Waals surface area contributed by atoms with Gasteiger partial charge in [0.25, 0.3) is 0 Å². The van der Waals surface area contributed by atoms with Gasteiger partial charge in [0.1, 0.15) is 11.8 Å². The number of benzene rings is 1. The first-order chi connectivity index (χ1) is 9.71. The number of amides is 3. The minimum absolute atomic E-state index is 0.392. The highest BCUT2D eigenvalue weighted by atomic mass is 16.5. The van der Waals surface area contributed by atoms with Crippen molar-refractivity contribution in [2.75, 3.05) is 12.4 Å². The van der Waals surface area contributed by atoms with Crippen LogP contribution in [0.15, 0.2) is 24.3 Å². The lowest BCUT2D eigenvalue weighted by molar-refractivity contribution is -0.120. The Morgan fingerprint density at radius 1 is 1.14 bits per heavy atom. The van der Waals surface area contributed by atoms with Crippen molar-refractivity contribution in [3.8, 4) is 5.75 Å². The molecule has 0 saturated carbocycles. The topological polar surface area (TPSA) is 79.5 Å². The number of carbonyl (C=O) groups is 2. The van der Waals surface area contributed by atoms with Crippen molar-refractivity contribution in [1.29, 1.82) is 0 Å². The lowest BCUT2D eigenvalue weighted by Gasteiger charge is -2.21. The fraction of sp³-hybridized carbons (Fsp3) is 0.467. The molecule has 0 aromatic heterocycles. The van der Waals surface area contributed by atoms with Crippen LogP contribution in [0.5, 0.6) is 5.75 Å². The molecule has 0 aliphatic carbocycles. The van der Waals surface area contributed by atoms with Gasteiger partial charge in [-0.2, -0.15) is 0 Å². The molecule has 3 amide bonds. The van der Waals surface area contributed by atoms with Gasteiger partial charge in [-0.15, -0.1) is 0 Å². The van der Waals surface area contributed by atoms with Crippen LogP contribution in [0, 0.1) is 0 Å². The number of nitrogens with one attached hydrogen (secondary N) is 3. The number of urea groups is 1. The van der Waals surface area contributed by atoms with Crippen LogP contribution in [-0.4, -0.2) is 30.6 Å². The van der Waals surface area contributed by atoms with Gasteiger partial charge in [0.2, 0.25) is 5.91 Å². The summed E-state index contributed by atoms with van der Waals surface area (Å²) in [6, 6.07) is 6.15. The monoisotopic (exact) mass is 293 g/mol. The van der Waals surface area contributed by atoms with Crippen LogP contribution >= 0.6 is 0 Å². The van der Waals surface area contributed by atoms with Gasteiger partial charge < -0.3 is 15.4 Å². The zero-order valence-corrected chi connectivity index (χ0v) is 13.1. The van der Waals surface area contributed by atoms with E-state index in [0.29, 0.717) is 0 Å². The van der Waals surface area contributed by atoms with Gasteiger partial charge >= 0.3 is 6.03 Å². The van der Waals surface area contributed by atoms with Crippen LogP contribution < -0.4 is 20.7 Å². The Balaban J connectivity index is 2.52. The van der Waals surface area contributed by atoms with Crippen molar-refractivity contribution in [2.24, 2.45) is 0 Å². The Labute approximate surface area is 125 Å². The molecule has 1 aromatic rings. The van der Waals surface area contributed by atoms with Crippen molar-refractivity contribution < 1.29 is 14.3 Å². The predicted molar refractivity (Wildman–Crippen MR) is 82.5 cm³/mol. The van der Waals surface area contributed by atoms with E-state index in [4.69, 9.17) is 4.74 Å². The van der Waals surface area contributed by atoms with Gasteiger partial charge in [0.15, 0.2) is 0 Å². The average molecular weight is 293 g/mol. The molecule has 0 saturated heterocycles. The normalized spacial score (nSPS) is 12.2. The first-order valence-corrected chi connectivity index (χ1v) is 6.75. The minimum Gasteiger partial charge on any atom is -0.497 e. The van der Waals surface area contributed by atoms with Gasteiger partial charge in [-0.3, -0.25) is 10.1 Å². The SMILES string of the molecule is COc1ccc(NC(C)C(=O)NC(=O)NC(C)(C)C)cc1. The van der Waals surface area contributed by atoms with Gasteiger partial charge in [-0.1, -0.05) is 0 Å². The molecule has 0 aliphatic heterocycles. The van der Waals surface area contributed by atoms with E-state index in [0.717, 1.165) is 11.4 Å². The Morgan fingerprint density at radius 2 is 1.71 bits per heavy atom. The van der Waals surface area contributed by atoms with E-state index in [1.807, 2.05) is 20.8 Å². The number of methoxy groups -OCH3 is 1. The van der Waals surface area contributed by atoms with E-state index in [9.17, 15) is 9.59 Å². The minimum atomic E-state index is -0.538. The van der Waals surface area contributed by atoms with Crippen molar-refractivity contribution >= 4 is 17.6 Å². The van der Waals surface area contributed by atoms with E-state index < -0.39 is 23.5 Å². The summed E-state index contributed by atoms with van der Waals surface area (Å²) in [5.74, 6) is 0.342. The number of ether oxygens (including phenoxy) is 1. The standard InChI is InChI=1S/C15H23N3O3/c1-10(13(19)17-14(20)18-15(2,3)4)16-11-6-8-12(21-5)9-7-11/h6-10,16H,1-5H3,(H2,17,18,19,20). The Kier molecular flexibility index (Phi) is 5.58. The highest BCUT2D eigenvalue weighted by Gasteiger charge is 2.19. The van der Waals surface area contributed by atoms with Gasteiger partial charge in [-0.05, 0) is 52.0 Å². The molecule has 116 valence electrons. The fourth-order valence-electron chi connectivity index (χ4n) is 1.59. The summed E-state index contributed by atoms with van der Waals surface area (Å²) in [6.45, 7) is 7.21. The second-order valence-electron chi connectivity index (χ2n) is 5.79. The fourth-order valence-corrected chi connectivity index (χ4v) is 1.59. The number of anilines is 1. The maximum absolute atomic E-state index is 11.9. The average Bonchev–Trinajstić information content (AvgIpc) is 2.37. The van der Waals surface area contributed by atoms with E-state index in [2.05, 4.69) is 16.0 Å². The van der Waals surface area contributed by atoms with Crippen LogP contribution in [0.2, 0.25) is 0 Å². The molecule has 1 unspecified atom stereocenters. The molecule has 0 fully saturated rings. The third-order valence-electron chi connectivity index (χ3n) is 2.59. The largest absolute Gasteiger partial charge is 0.497 e. The summed E-state index contributed by atoms with van der Waals surface area (Å²) >= 11 is 0. The molecule has 6 heteroatoms. The van der Waals surface area contributed by atoms with Crippen LogP contribution in [0.25, 0.3) is 0 Å². The third-order valence-corrected chi connectivity index (χ3v) is 2.59. The Hall–Kier alpha value is -2.24. The van der Waals surface area contributed by atoms with Crippen LogP contribution in [0.1, 0.15) is 27.7 Å². The molecule has 0 heterocycles. The van der Waals surface area contributed by atoms with Crippen molar-refractivity contribution in [3.05, 3.63) is 24.3 Å². The second-order valence-corrected chi connectivity index (χ2v) is 5.79. The van der Waals surface area contributed by atoms with Crippen molar-refractivity contribution in [3.63, 3.8) is 0 Å². The molecule has 1 aromatic carbocycles. The van der Waals surface area contributed by atoms with E-state index >= 15 is 0 Å². The third kappa shape index (κ3) is 6.16. The van der Waals surface area contributed by atoms with Crippen LogP contribution in [0.3, 0.4) is 0 Å². The highest BCUT2D eigenvalue weighted by molar-refractivity contribution is 5.98. The van der Waals surface area contributed by atoms with Crippen LogP contribution in [-0.2, 0) is 4.79 Å². The summed E-state index contributed by atoms with van der Waals surface area (Å²) in [5.41, 5.74) is 0.381. The molecule has 0 spiro atoms. The smallest absolute Gasteiger partial charge is 0.321 e. The predicted octanol–water partition coefficient (Wildman–Crippen LogP) is 2.12. The van der Waals surface area contributed by atoms with Crippen molar-refractivity contribution in [1.82, 2.24) is 10.6 Å². The van der Waals surface area contributed by atoms with Gasteiger partial charge in [-0.25, -0.2) is 4.79 Å². The summed E-state index contributed by atoms with van der Waals surface area (Å²) in [7, 11) is 1.59. The lowest BCUT2D eigenvalue weighted by Crippen LogP contribution is -2.51. The van der Waals surface area contributed by atoms with E-state index in [1.165, 1.54) is 0 Å². The number of rotatable bonds is 4.